The van der Waals surface area contributed by atoms with Gasteiger partial charge in [-0.3, -0.25) is 9.69 Å². The maximum Gasteiger partial charge on any atom is 0.252 e. The summed E-state index contributed by atoms with van der Waals surface area (Å²) in [5.74, 6) is -0.635. The molecule has 1 fully saturated rings. The predicted octanol–water partition coefficient (Wildman–Crippen LogP) is 3.19. The van der Waals surface area contributed by atoms with Gasteiger partial charge in [-0.05, 0) is 60.4 Å². The monoisotopic (exact) mass is 342 g/mol. The van der Waals surface area contributed by atoms with Gasteiger partial charge < -0.3 is 5.32 Å². The standard InChI is InChI=1S/C15H20BrFN2O/c1-11-4-2-3-8-19(11)9-7-18-15(20)13-10-12(17)5-6-14(13)16/h5-6,10-11H,2-4,7-9H2,1H3,(H,18,20)/t11-/m1/s1. The molecule has 0 saturated carbocycles. The van der Waals surface area contributed by atoms with Gasteiger partial charge in [0.15, 0.2) is 0 Å². The Morgan fingerprint density at radius 1 is 1.50 bits per heavy atom. The first kappa shape index (κ1) is 15.4. The lowest BCUT2D eigenvalue weighted by atomic mass is 10.0. The Morgan fingerprint density at radius 3 is 3.05 bits per heavy atom. The first-order valence-electron chi connectivity index (χ1n) is 7.05. The third-order valence-electron chi connectivity index (χ3n) is 3.80. The molecular formula is C15H20BrFN2O. The zero-order valence-corrected chi connectivity index (χ0v) is 13.2. The molecule has 3 nitrogen and oxygen atoms in total. The number of hydrogen-bond donors (Lipinski definition) is 1. The lowest BCUT2D eigenvalue weighted by Crippen LogP contribution is -2.42. The van der Waals surface area contributed by atoms with Gasteiger partial charge >= 0.3 is 0 Å². The topological polar surface area (TPSA) is 32.3 Å². The van der Waals surface area contributed by atoms with Crippen LogP contribution in [-0.2, 0) is 0 Å². The summed E-state index contributed by atoms with van der Waals surface area (Å²) < 4.78 is 13.8. The molecule has 2 rings (SSSR count). The van der Waals surface area contributed by atoms with Crippen molar-refractivity contribution >= 4 is 21.8 Å². The Hall–Kier alpha value is -0.940. The molecule has 0 bridgehead atoms. The van der Waals surface area contributed by atoms with Crippen molar-refractivity contribution in [1.82, 2.24) is 10.2 Å². The molecule has 1 aliphatic heterocycles. The second kappa shape index (κ2) is 7.18. The van der Waals surface area contributed by atoms with E-state index in [0.29, 0.717) is 22.6 Å². The van der Waals surface area contributed by atoms with E-state index >= 15 is 0 Å². The van der Waals surface area contributed by atoms with Gasteiger partial charge in [-0.1, -0.05) is 6.42 Å². The molecule has 1 saturated heterocycles. The van der Waals surface area contributed by atoms with E-state index in [2.05, 4.69) is 33.1 Å². The molecule has 1 N–H and O–H groups in total. The SMILES string of the molecule is C[C@@H]1CCCCN1CCNC(=O)c1cc(F)ccc1Br. The molecule has 1 aliphatic rings. The molecule has 5 heteroatoms. The molecule has 0 radical (unpaired) electrons. The van der Waals surface area contributed by atoms with Crippen LogP contribution < -0.4 is 5.32 Å². The van der Waals surface area contributed by atoms with Gasteiger partial charge in [-0.15, -0.1) is 0 Å². The third kappa shape index (κ3) is 4.03. The van der Waals surface area contributed by atoms with Crippen LogP contribution in [0.1, 0.15) is 36.5 Å². The van der Waals surface area contributed by atoms with Gasteiger partial charge in [0.2, 0.25) is 0 Å². The van der Waals surface area contributed by atoms with Crippen molar-refractivity contribution in [3.63, 3.8) is 0 Å². The van der Waals surface area contributed by atoms with Crippen molar-refractivity contribution in [2.24, 2.45) is 0 Å². The zero-order chi connectivity index (χ0) is 14.5. The van der Waals surface area contributed by atoms with Crippen molar-refractivity contribution in [3.8, 4) is 0 Å². The Morgan fingerprint density at radius 2 is 2.30 bits per heavy atom. The Balaban J connectivity index is 1.84. The Kier molecular flexibility index (Phi) is 5.54. The fourth-order valence-corrected chi connectivity index (χ4v) is 3.00. The van der Waals surface area contributed by atoms with Crippen LogP contribution in [0.25, 0.3) is 0 Å². The molecule has 1 atom stereocenters. The van der Waals surface area contributed by atoms with E-state index in [0.717, 1.165) is 13.1 Å². The van der Waals surface area contributed by atoms with E-state index in [9.17, 15) is 9.18 Å². The molecule has 1 aromatic carbocycles. The highest BCUT2D eigenvalue weighted by atomic mass is 79.9. The summed E-state index contributed by atoms with van der Waals surface area (Å²) in [6.45, 7) is 4.76. The molecule has 0 aromatic heterocycles. The summed E-state index contributed by atoms with van der Waals surface area (Å²) in [5.41, 5.74) is 0.344. The second-order valence-electron chi connectivity index (χ2n) is 5.26. The largest absolute Gasteiger partial charge is 0.351 e. The first-order chi connectivity index (χ1) is 9.58. The van der Waals surface area contributed by atoms with Crippen LogP contribution >= 0.6 is 15.9 Å². The highest BCUT2D eigenvalue weighted by Gasteiger charge is 2.18. The fourth-order valence-electron chi connectivity index (χ4n) is 2.57. The lowest BCUT2D eigenvalue weighted by Gasteiger charge is -2.33. The quantitative estimate of drug-likeness (QED) is 0.911. The predicted molar refractivity (Wildman–Crippen MR) is 81.3 cm³/mol. The van der Waals surface area contributed by atoms with Gasteiger partial charge in [0.05, 0.1) is 5.56 Å². The molecule has 110 valence electrons. The lowest BCUT2D eigenvalue weighted by molar-refractivity contribution is 0.0937. The fraction of sp³-hybridized carbons (Fsp3) is 0.533. The summed E-state index contributed by atoms with van der Waals surface area (Å²) in [5, 5.41) is 2.86. The molecule has 0 spiro atoms. The number of piperidine rings is 1. The third-order valence-corrected chi connectivity index (χ3v) is 4.49. The summed E-state index contributed by atoms with van der Waals surface area (Å²) in [7, 11) is 0. The number of carbonyl (C=O) groups is 1. The van der Waals surface area contributed by atoms with Crippen LogP contribution in [0.2, 0.25) is 0 Å². The van der Waals surface area contributed by atoms with Gasteiger partial charge in [-0.2, -0.15) is 0 Å². The van der Waals surface area contributed by atoms with Crippen LogP contribution in [0.15, 0.2) is 22.7 Å². The summed E-state index contributed by atoms with van der Waals surface area (Å²) in [6.07, 6.45) is 3.75. The molecule has 0 unspecified atom stereocenters. The van der Waals surface area contributed by atoms with Gasteiger partial charge in [0.1, 0.15) is 5.82 Å². The Bertz CT molecular complexity index is 481. The first-order valence-corrected chi connectivity index (χ1v) is 7.84. The van der Waals surface area contributed by atoms with Crippen LogP contribution in [0.5, 0.6) is 0 Å². The van der Waals surface area contributed by atoms with Crippen LogP contribution in [-0.4, -0.2) is 36.5 Å². The molecule has 20 heavy (non-hydrogen) atoms. The maximum atomic E-state index is 13.2. The minimum atomic E-state index is -0.400. The molecule has 0 aliphatic carbocycles. The van der Waals surface area contributed by atoms with E-state index < -0.39 is 5.82 Å². The number of benzene rings is 1. The molecule has 1 amide bonds. The van der Waals surface area contributed by atoms with Gasteiger partial charge in [-0.25, -0.2) is 4.39 Å². The van der Waals surface area contributed by atoms with Crippen molar-refractivity contribution in [2.45, 2.75) is 32.2 Å². The number of amides is 1. The number of likely N-dealkylation sites (tertiary alicyclic amines) is 1. The highest BCUT2D eigenvalue weighted by Crippen LogP contribution is 2.18. The van der Waals surface area contributed by atoms with Crippen molar-refractivity contribution in [2.75, 3.05) is 19.6 Å². The Labute approximate surface area is 127 Å². The van der Waals surface area contributed by atoms with Gasteiger partial charge in [0.25, 0.3) is 5.91 Å². The smallest absolute Gasteiger partial charge is 0.252 e. The van der Waals surface area contributed by atoms with E-state index in [1.165, 1.54) is 31.4 Å². The molecular weight excluding hydrogens is 323 g/mol. The number of nitrogens with zero attached hydrogens (tertiary/aromatic N) is 1. The highest BCUT2D eigenvalue weighted by molar-refractivity contribution is 9.10. The summed E-state index contributed by atoms with van der Waals surface area (Å²) >= 11 is 3.27. The van der Waals surface area contributed by atoms with Crippen molar-refractivity contribution in [3.05, 3.63) is 34.1 Å². The minimum Gasteiger partial charge on any atom is -0.351 e. The second-order valence-corrected chi connectivity index (χ2v) is 6.12. The van der Waals surface area contributed by atoms with Crippen molar-refractivity contribution < 1.29 is 9.18 Å². The molecule has 1 heterocycles. The van der Waals surface area contributed by atoms with Crippen molar-refractivity contribution in [1.29, 1.82) is 0 Å². The normalized spacial score (nSPS) is 19.9. The summed E-state index contributed by atoms with van der Waals surface area (Å²) in [4.78, 5) is 14.4. The summed E-state index contributed by atoms with van der Waals surface area (Å²) in [6, 6.07) is 4.72. The van der Waals surface area contributed by atoms with E-state index in [-0.39, 0.29) is 5.91 Å². The number of halogens is 2. The number of rotatable bonds is 4. The number of hydrogen-bond acceptors (Lipinski definition) is 2. The minimum absolute atomic E-state index is 0.235. The van der Waals surface area contributed by atoms with E-state index in [1.54, 1.807) is 6.07 Å². The number of carbonyl (C=O) groups excluding carboxylic acids is 1. The van der Waals surface area contributed by atoms with E-state index in [4.69, 9.17) is 0 Å². The van der Waals surface area contributed by atoms with Crippen LogP contribution in [0.4, 0.5) is 4.39 Å². The van der Waals surface area contributed by atoms with E-state index in [1.807, 2.05) is 0 Å². The van der Waals surface area contributed by atoms with Crippen LogP contribution in [0.3, 0.4) is 0 Å². The number of nitrogens with one attached hydrogen (secondary N) is 1. The average Bonchev–Trinajstić information content (AvgIpc) is 2.43. The molecule has 1 aromatic rings. The zero-order valence-electron chi connectivity index (χ0n) is 11.7. The average molecular weight is 343 g/mol. The maximum absolute atomic E-state index is 13.2. The van der Waals surface area contributed by atoms with Gasteiger partial charge in [0, 0.05) is 23.6 Å². The van der Waals surface area contributed by atoms with Crippen LogP contribution in [0, 0.1) is 5.82 Å².